The maximum atomic E-state index is 13.9. The lowest BCUT2D eigenvalue weighted by Crippen LogP contribution is -2.36. The molecule has 2 aromatic rings. The van der Waals surface area contributed by atoms with E-state index in [9.17, 15) is 9.18 Å². The summed E-state index contributed by atoms with van der Waals surface area (Å²) in [5, 5.41) is 3.58. The minimum atomic E-state index is -0.408. The first-order chi connectivity index (χ1) is 12.5. The molecule has 1 N–H and O–H groups in total. The van der Waals surface area contributed by atoms with Crippen molar-refractivity contribution in [2.75, 3.05) is 20.7 Å². The van der Waals surface area contributed by atoms with Crippen LogP contribution in [-0.2, 0) is 11.3 Å². The molecule has 2 rings (SSSR count). The summed E-state index contributed by atoms with van der Waals surface area (Å²) in [6.45, 7) is 2.34. The summed E-state index contributed by atoms with van der Waals surface area (Å²) < 4.78 is 19.0. The number of carbonyl (C=O) groups is 1. The molecule has 1 unspecified atom stereocenters. The van der Waals surface area contributed by atoms with Crippen LogP contribution in [0.4, 0.5) is 4.39 Å². The van der Waals surface area contributed by atoms with Gasteiger partial charge < -0.3 is 15.0 Å². The van der Waals surface area contributed by atoms with Crippen LogP contribution in [0.25, 0.3) is 0 Å². The molecule has 6 heteroatoms. The molecule has 0 radical (unpaired) electrons. The second-order valence-corrected chi connectivity index (χ2v) is 6.47. The van der Waals surface area contributed by atoms with Crippen LogP contribution in [0, 0.1) is 5.82 Å². The zero-order valence-electron chi connectivity index (χ0n) is 15.3. The van der Waals surface area contributed by atoms with Crippen molar-refractivity contribution in [1.82, 2.24) is 10.2 Å². The Labute approximate surface area is 158 Å². The van der Waals surface area contributed by atoms with Crippen LogP contribution in [0.1, 0.15) is 30.5 Å². The van der Waals surface area contributed by atoms with E-state index in [1.807, 2.05) is 24.3 Å². The number of hydrogen-bond donors (Lipinski definition) is 1. The van der Waals surface area contributed by atoms with Gasteiger partial charge in [0, 0.05) is 30.2 Å². The van der Waals surface area contributed by atoms with Crippen molar-refractivity contribution in [3.05, 3.63) is 64.4 Å². The standard InChI is InChI=1S/C20H24ClFN2O2/c1-4-19(14-8-10-15(26-3)11-9-14)23-12-20(25)24(2)13-16-17(21)6-5-7-18(16)22/h5-11,19,23H,4,12-13H2,1-3H3. The Morgan fingerprint density at radius 1 is 1.27 bits per heavy atom. The molecular formula is C20H24ClFN2O2. The van der Waals surface area contributed by atoms with Crippen LogP contribution in [0.3, 0.4) is 0 Å². The fraction of sp³-hybridized carbons (Fsp3) is 0.350. The average Bonchev–Trinajstić information content (AvgIpc) is 2.65. The first-order valence-corrected chi connectivity index (χ1v) is 8.88. The smallest absolute Gasteiger partial charge is 0.236 e. The molecule has 0 aliphatic carbocycles. The first kappa shape index (κ1) is 20.2. The monoisotopic (exact) mass is 378 g/mol. The summed E-state index contributed by atoms with van der Waals surface area (Å²) in [6, 6.07) is 12.3. The second kappa shape index (κ2) is 9.55. The summed E-state index contributed by atoms with van der Waals surface area (Å²) in [6.07, 6.45) is 0.836. The van der Waals surface area contributed by atoms with Crippen molar-refractivity contribution in [2.45, 2.75) is 25.9 Å². The lowest BCUT2D eigenvalue weighted by molar-refractivity contribution is -0.129. The number of nitrogens with zero attached hydrogens (tertiary/aromatic N) is 1. The molecule has 0 saturated heterocycles. The van der Waals surface area contributed by atoms with E-state index in [1.54, 1.807) is 26.3 Å². The predicted octanol–water partition coefficient (Wildman–Crippen LogP) is 4.19. The number of likely N-dealkylation sites (N-methyl/N-ethyl adjacent to an activating group) is 1. The molecule has 140 valence electrons. The molecule has 1 atom stereocenters. The van der Waals surface area contributed by atoms with Gasteiger partial charge in [0.2, 0.25) is 5.91 Å². The number of nitrogens with one attached hydrogen (secondary N) is 1. The molecule has 0 bridgehead atoms. The highest BCUT2D eigenvalue weighted by Gasteiger charge is 2.16. The van der Waals surface area contributed by atoms with E-state index in [1.165, 1.54) is 11.0 Å². The predicted molar refractivity (Wildman–Crippen MR) is 102 cm³/mol. The van der Waals surface area contributed by atoms with Crippen molar-refractivity contribution in [3.8, 4) is 5.75 Å². The van der Waals surface area contributed by atoms with Gasteiger partial charge in [0.15, 0.2) is 0 Å². The molecule has 0 aliphatic rings. The highest BCUT2D eigenvalue weighted by Crippen LogP contribution is 2.21. The zero-order valence-corrected chi connectivity index (χ0v) is 16.0. The van der Waals surface area contributed by atoms with Crippen LogP contribution in [0.2, 0.25) is 5.02 Å². The minimum Gasteiger partial charge on any atom is -0.497 e. The van der Waals surface area contributed by atoms with Crippen molar-refractivity contribution >= 4 is 17.5 Å². The van der Waals surface area contributed by atoms with E-state index in [-0.39, 0.29) is 25.0 Å². The molecule has 2 aromatic carbocycles. The van der Waals surface area contributed by atoms with Crippen molar-refractivity contribution < 1.29 is 13.9 Å². The molecular weight excluding hydrogens is 355 g/mol. The Hall–Kier alpha value is -2.11. The molecule has 0 spiro atoms. The number of benzene rings is 2. The number of halogens is 2. The zero-order chi connectivity index (χ0) is 19.1. The number of ether oxygens (including phenoxy) is 1. The maximum absolute atomic E-state index is 13.9. The van der Waals surface area contributed by atoms with Gasteiger partial charge in [-0.25, -0.2) is 4.39 Å². The van der Waals surface area contributed by atoms with Gasteiger partial charge in [-0.2, -0.15) is 0 Å². The Bertz CT molecular complexity index is 717. The normalized spacial score (nSPS) is 11.9. The summed E-state index contributed by atoms with van der Waals surface area (Å²) in [4.78, 5) is 13.9. The summed E-state index contributed by atoms with van der Waals surface area (Å²) in [5.74, 6) is 0.257. The fourth-order valence-electron chi connectivity index (χ4n) is 2.69. The van der Waals surface area contributed by atoms with Crippen LogP contribution in [0.5, 0.6) is 5.75 Å². The third-order valence-corrected chi connectivity index (χ3v) is 4.66. The van der Waals surface area contributed by atoms with E-state index in [4.69, 9.17) is 16.3 Å². The van der Waals surface area contributed by atoms with Gasteiger partial charge in [-0.1, -0.05) is 36.7 Å². The Kier molecular flexibility index (Phi) is 7.42. The second-order valence-electron chi connectivity index (χ2n) is 6.06. The van der Waals surface area contributed by atoms with Crippen LogP contribution >= 0.6 is 11.6 Å². The molecule has 0 heterocycles. The number of amides is 1. The molecule has 4 nitrogen and oxygen atoms in total. The van der Waals surface area contributed by atoms with Crippen LogP contribution in [-0.4, -0.2) is 31.5 Å². The minimum absolute atomic E-state index is 0.0512. The topological polar surface area (TPSA) is 41.6 Å². The lowest BCUT2D eigenvalue weighted by Gasteiger charge is -2.22. The van der Waals surface area contributed by atoms with E-state index in [0.717, 1.165) is 17.7 Å². The van der Waals surface area contributed by atoms with E-state index in [0.29, 0.717) is 10.6 Å². The average molecular weight is 379 g/mol. The highest BCUT2D eigenvalue weighted by molar-refractivity contribution is 6.31. The van der Waals surface area contributed by atoms with Gasteiger partial charge in [0.1, 0.15) is 11.6 Å². The van der Waals surface area contributed by atoms with Gasteiger partial charge in [-0.05, 0) is 36.2 Å². The molecule has 26 heavy (non-hydrogen) atoms. The van der Waals surface area contributed by atoms with Gasteiger partial charge >= 0.3 is 0 Å². The van der Waals surface area contributed by atoms with Crippen molar-refractivity contribution in [2.24, 2.45) is 0 Å². The SMILES string of the molecule is CCC(NCC(=O)N(C)Cc1c(F)cccc1Cl)c1ccc(OC)cc1. The number of hydrogen-bond acceptors (Lipinski definition) is 3. The van der Waals surface area contributed by atoms with Gasteiger partial charge in [0.25, 0.3) is 0 Å². The Balaban J connectivity index is 1.95. The highest BCUT2D eigenvalue weighted by atomic mass is 35.5. The van der Waals surface area contributed by atoms with Crippen molar-refractivity contribution in [1.29, 1.82) is 0 Å². The van der Waals surface area contributed by atoms with Crippen LogP contribution in [0.15, 0.2) is 42.5 Å². The number of carbonyl (C=O) groups excluding carboxylic acids is 1. The first-order valence-electron chi connectivity index (χ1n) is 8.50. The summed E-state index contributed by atoms with van der Waals surface area (Å²) in [7, 11) is 3.27. The molecule has 0 aliphatic heterocycles. The maximum Gasteiger partial charge on any atom is 0.236 e. The lowest BCUT2D eigenvalue weighted by atomic mass is 10.0. The van der Waals surface area contributed by atoms with Gasteiger partial charge in [-0.3, -0.25) is 4.79 Å². The third kappa shape index (κ3) is 5.19. The number of methoxy groups -OCH3 is 1. The molecule has 0 fully saturated rings. The number of rotatable bonds is 8. The molecule has 0 aromatic heterocycles. The van der Waals surface area contributed by atoms with Gasteiger partial charge in [0.05, 0.1) is 13.7 Å². The van der Waals surface area contributed by atoms with Crippen LogP contribution < -0.4 is 10.1 Å². The fourth-order valence-corrected chi connectivity index (χ4v) is 2.91. The van der Waals surface area contributed by atoms with E-state index < -0.39 is 5.82 Å². The Morgan fingerprint density at radius 2 is 1.96 bits per heavy atom. The third-order valence-electron chi connectivity index (χ3n) is 4.31. The van der Waals surface area contributed by atoms with Gasteiger partial charge in [-0.15, -0.1) is 0 Å². The van der Waals surface area contributed by atoms with E-state index in [2.05, 4.69) is 12.2 Å². The summed E-state index contributed by atoms with van der Waals surface area (Å²) in [5.41, 5.74) is 1.41. The Morgan fingerprint density at radius 3 is 2.54 bits per heavy atom. The largest absolute Gasteiger partial charge is 0.497 e. The van der Waals surface area contributed by atoms with Crippen molar-refractivity contribution in [3.63, 3.8) is 0 Å². The molecule has 1 amide bonds. The quantitative estimate of drug-likeness (QED) is 0.749. The molecule has 0 saturated carbocycles. The summed E-state index contributed by atoms with van der Waals surface area (Å²) >= 11 is 6.03. The van der Waals surface area contributed by atoms with E-state index >= 15 is 0 Å².